The molecule has 0 bridgehead atoms. The van der Waals surface area contributed by atoms with Gasteiger partial charge in [-0.25, -0.2) is 3.63 Å². The highest BCUT2D eigenvalue weighted by Gasteiger charge is 2.63. The Bertz CT molecular complexity index is 2080. The minimum atomic E-state index is -7.39. The van der Waals surface area contributed by atoms with E-state index in [1.54, 1.807) is 20.8 Å². The summed E-state index contributed by atoms with van der Waals surface area (Å²) in [6.45, 7) is 7.40. The van der Waals surface area contributed by atoms with Gasteiger partial charge >= 0.3 is 41.0 Å². The van der Waals surface area contributed by atoms with Crippen LogP contribution in [0.15, 0.2) is 92.4 Å². The number of benzene rings is 4. The Labute approximate surface area is 310 Å². The van der Waals surface area contributed by atoms with Gasteiger partial charge in [0.1, 0.15) is 16.2 Å². The molecule has 0 unspecified atom stereocenters. The predicted molar refractivity (Wildman–Crippen MR) is 171 cm³/mol. The fourth-order valence-electron chi connectivity index (χ4n) is 6.02. The van der Waals surface area contributed by atoms with Crippen molar-refractivity contribution in [2.75, 3.05) is 0 Å². The first-order chi connectivity index (χ1) is 25.2. The van der Waals surface area contributed by atoms with E-state index in [0.29, 0.717) is 0 Å². The van der Waals surface area contributed by atoms with Gasteiger partial charge in [-0.05, 0) is 92.5 Å². The van der Waals surface area contributed by atoms with Gasteiger partial charge in [-0.15, -0.1) is 0 Å². The van der Waals surface area contributed by atoms with E-state index in [2.05, 4.69) is 0 Å². The third-order valence-electron chi connectivity index (χ3n) is 7.61. The van der Waals surface area contributed by atoms with E-state index in [1.807, 2.05) is 0 Å². The van der Waals surface area contributed by atoms with Crippen LogP contribution in [0.3, 0.4) is 0 Å². The molecule has 0 aromatic heterocycles. The topological polar surface area (TPSA) is 52.6 Å². The number of hydrogen-bond acceptors (Lipinski definition) is 4. The van der Waals surface area contributed by atoms with Crippen molar-refractivity contribution in [3.8, 4) is 5.75 Å². The molecular formula is C35H27F15O4S2. The molecule has 0 saturated heterocycles. The van der Waals surface area contributed by atoms with Crippen LogP contribution in [0.25, 0.3) is 0 Å². The molecule has 0 aliphatic rings. The zero-order valence-corrected chi connectivity index (χ0v) is 30.7. The molecule has 4 aromatic rings. The minimum Gasteiger partial charge on any atom is -0.488 e. The number of ether oxygens (including phenoxy) is 1. The third kappa shape index (κ3) is 8.73. The number of halogens is 15. The maximum absolute atomic E-state index is 14.8. The van der Waals surface area contributed by atoms with Gasteiger partial charge in [0.2, 0.25) is 0 Å². The summed E-state index contributed by atoms with van der Waals surface area (Å²) < 4.78 is 258. The number of aryl methyl sites for hydroxylation is 2. The smallest absolute Gasteiger partial charge is 0.418 e. The Balaban J connectivity index is 2.40. The molecule has 56 heavy (non-hydrogen) atoms. The Morgan fingerprint density at radius 1 is 0.464 bits per heavy atom. The fourth-order valence-corrected chi connectivity index (χ4v) is 12.1. The summed E-state index contributed by atoms with van der Waals surface area (Å²) in [6, 6.07) is 14.2. The monoisotopic (exact) mass is 860 g/mol. The molecule has 0 aliphatic carbocycles. The fraction of sp³-hybridized carbons (Fsp3) is 0.314. The summed E-state index contributed by atoms with van der Waals surface area (Å²) in [7, 11) is -11.9. The molecule has 4 rings (SSSR count). The average molecular weight is 861 g/mol. The van der Waals surface area contributed by atoms with Gasteiger partial charge in [-0.3, -0.25) is 0 Å². The van der Waals surface area contributed by atoms with Gasteiger partial charge in [0.05, 0.1) is 27.8 Å². The van der Waals surface area contributed by atoms with E-state index in [1.165, 1.54) is 62.4 Å². The van der Waals surface area contributed by atoms with Crippen molar-refractivity contribution in [2.45, 2.75) is 90.7 Å². The van der Waals surface area contributed by atoms with Crippen LogP contribution in [0, 0.1) is 13.8 Å². The zero-order valence-electron chi connectivity index (χ0n) is 29.0. The van der Waals surface area contributed by atoms with Crippen molar-refractivity contribution in [1.82, 2.24) is 0 Å². The normalized spacial score (nSPS) is 14.2. The van der Waals surface area contributed by atoms with E-state index in [4.69, 9.17) is 8.37 Å². The molecule has 0 saturated carbocycles. The zero-order chi connectivity index (χ0) is 42.8. The molecule has 0 amide bonds. The Morgan fingerprint density at radius 3 is 1.05 bits per heavy atom. The first kappa shape index (κ1) is 44.6. The van der Waals surface area contributed by atoms with E-state index < -0.39 is 89.6 Å². The van der Waals surface area contributed by atoms with Crippen LogP contribution in [-0.4, -0.2) is 14.0 Å². The Morgan fingerprint density at radius 2 is 0.768 bits per heavy atom. The van der Waals surface area contributed by atoms with Crippen molar-refractivity contribution in [3.05, 3.63) is 112 Å². The molecule has 4 nitrogen and oxygen atoms in total. The Hall–Kier alpha value is -4.11. The van der Waals surface area contributed by atoms with Crippen molar-refractivity contribution in [2.24, 2.45) is 0 Å². The molecule has 4 aromatic carbocycles. The second kappa shape index (κ2) is 14.4. The van der Waals surface area contributed by atoms with Gasteiger partial charge in [0.15, 0.2) is 0 Å². The van der Waals surface area contributed by atoms with E-state index >= 15 is 0 Å². The van der Waals surface area contributed by atoms with Crippen LogP contribution in [0.1, 0.15) is 59.7 Å². The van der Waals surface area contributed by atoms with E-state index in [9.17, 15) is 74.3 Å². The number of hydrogen-bond donors (Lipinski definition) is 0. The minimum absolute atomic E-state index is 0.0476. The first-order valence-electron chi connectivity index (χ1n) is 15.5. The molecule has 308 valence electrons. The molecular weight excluding hydrogens is 833 g/mol. The van der Waals surface area contributed by atoms with E-state index in [-0.39, 0.29) is 31.6 Å². The maximum atomic E-state index is 14.8. The summed E-state index contributed by atoms with van der Waals surface area (Å²) in [6.07, 6.45) is -36.0. The van der Waals surface area contributed by atoms with Crippen LogP contribution in [0.2, 0.25) is 0 Å². The lowest BCUT2D eigenvalue weighted by Crippen LogP contribution is -2.34. The average Bonchev–Trinajstić information content (AvgIpc) is 3.00. The number of rotatable bonds is 7. The summed E-state index contributed by atoms with van der Waals surface area (Å²) in [5.74, 6) is 0.0830. The van der Waals surface area contributed by atoms with Gasteiger partial charge in [-0.2, -0.15) is 74.3 Å². The molecule has 21 heteroatoms. The highest BCUT2D eigenvalue weighted by molar-refractivity contribution is 8.33. The van der Waals surface area contributed by atoms with Gasteiger partial charge in [0, 0.05) is 14.7 Å². The maximum Gasteiger partial charge on any atom is 0.418 e. The van der Waals surface area contributed by atoms with Gasteiger partial charge in [0.25, 0.3) is 0 Å². The standard InChI is InChI=1S/C35H27F15O4S2/c1-18-16-20(53-30(3,4)5)17-19(2)28(18)55(21-12-8-6-9-13-21,22-14-10-7-11-15-22)54-56(51,52)29-26(34(45,46)47)24(32(39,40)41)23(31(36,37)38)25(33(42,43)44)27(29)35(48,49)50/h6-17H,1-5H3. The van der Waals surface area contributed by atoms with Crippen LogP contribution < -0.4 is 4.74 Å². The van der Waals surface area contributed by atoms with Crippen molar-refractivity contribution in [1.29, 1.82) is 0 Å². The van der Waals surface area contributed by atoms with Gasteiger partial charge < -0.3 is 4.74 Å². The van der Waals surface area contributed by atoms with Crippen molar-refractivity contribution >= 4 is 20.4 Å². The SMILES string of the molecule is Cc1cc(OC(C)(C)C)cc(C)c1S(OS(=O)(=O)c1c(C(F)(F)F)c(C(F)(F)F)c(C(F)(F)F)c(C(F)(F)F)c1C(F)(F)F)(c1ccccc1)c1ccccc1. The third-order valence-corrected chi connectivity index (χ3v) is 13.1. The second-order valence-electron chi connectivity index (χ2n) is 13.0. The molecule has 0 fully saturated rings. The second-order valence-corrected chi connectivity index (χ2v) is 17.3. The van der Waals surface area contributed by atoms with Crippen molar-refractivity contribution < 1.29 is 82.6 Å². The predicted octanol–water partition coefficient (Wildman–Crippen LogP) is 13.2. The highest BCUT2D eigenvalue weighted by atomic mass is 32.3. The Kier molecular flexibility index (Phi) is 11.4. The molecule has 0 spiro atoms. The molecule has 0 aliphatic heterocycles. The first-order valence-corrected chi connectivity index (χ1v) is 18.4. The lowest BCUT2D eigenvalue weighted by atomic mass is 9.89. The van der Waals surface area contributed by atoms with Crippen LogP contribution >= 0.6 is 10.3 Å². The largest absolute Gasteiger partial charge is 0.488 e. The molecule has 0 atom stereocenters. The van der Waals surface area contributed by atoms with Crippen molar-refractivity contribution in [3.63, 3.8) is 0 Å². The van der Waals surface area contributed by atoms with Gasteiger partial charge in [-0.1, -0.05) is 36.4 Å². The summed E-state index contributed by atoms with van der Waals surface area (Å²) in [4.78, 5) is -4.98. The van der Waals surface area contributed by atoms with Crippen LogP contribution in [0.4, 0.5) is 65.9 Å². The lowest BCUT2D eigenvalue weighted by molar-refractivity contribution is -0.191. The summed E-state index contributed by atoms with van der Waals surface area (Å²) in [5.41, 5.74) is -22.7. The lowest BCUT2D eigenvalue weighted by Gasteiger charge is -2.42. The summed E-state index contributed by atoms with van der Waals surface area (Å²) >= 11 is 0. The van der Waals surface area contributed by atoms with Crippen LogP contribution in [-0.2, 0) is 44.6 Å². The molecule has 0 N–H and O–H groups in total. The quantitative estimate of drug-likeness (QED) is 0.174. The molecule has 0 heterocycles. The van der Waals surface area contributed by atoms with E-state index in [0.717, 1.165) is 24.3 Å². The highest BCUT2D eigenvalue weighted by Crippen LogP contribution is 2.72. The summed E-state index contributed by atoms with van der Waals surface area (Å²) in [5, 5.41) is 0. The molecule has 0 radical (unpaired) electrons. The number of alkyl halides is 15. The van der Waals surface area contributed by atoms with Crippen LogP contribution in [0.5, 0.6) is 5.75 Å².